The zero-order valence-corrected chi connectivity index (χ0v) is 13.7. The largest absolute Gasteiger partial charge is 0.400 e. The van der Waals surface area contributed by atoms with Gasteiger partial charge in [0.25, 0.3) is 0 Å². The average molecular weight is 380 g/mol. The van der Waals surface area contributed by atoms with Crippen molar-refractivity contribution in [1.82, 2.24) is 0 Å². The lowest BCUT2D eigenvalue weighted by Gasteiger charge is -2.20. The minimum Gasteiger partial charge on any atom is -0.303 e. The average Bonchev–Trinajstić information content (AvgIpc) is 2.52. The van der Waals surface area contributed by atoms with Crippen molar-refractivity contribution in [2.75, 3.05) is 6.16 Å². The van der Waals surface area contributed by atoms with Gasteiger partial charge in [-0.15, -0.1) is 0 Å². The molecule has 0 aliphatic carbocycles. The summed E-state index contributed by atoms with van der Waals surface area (Å²) >= 11 is 0. The molecule has 0 unspecified atom stereocenters. The summed E-state index contributed by atoms with van der Waals surface area (Å²) in [7, 11) is -4.67. The second kappa shape index (κ2) is 8.08. The molecule has 0 heterocycles. The van der Waals surface area contributed by atoms with Crippen LogP contribution >= 0.6 is 7.60 Å². The molecule has 136 valence electrons. The molecule has 0 bridgehead atoms. The number of benzene rings is 2. The molecule has 9 heteroatoms. The summed E-state index contributed by atoms with van der Waals surface area (Å²) in [4.78, 5) is 0. The molecule has 25 heavy (non-hydrogen) atoms. The second-order valence-electron chi connectivity index (χ2n) is 5.11. The number of hydrogen-bond acceptors (Lipinski definition) is 3. The standard InChI is InChI=1S/C16H14F5O3P/c17-14-7-3-1-5-12(14)9-23-25(22,11-16(19,20)21)24-10-13-6-2-4-8-15(13)18/h1-8H,9-11H2. The predicted molar refractivity (Wildman–Crippen MR) is 80.9 cm³/mol. The van der Waals surface area contributed by atoms with Crippen LogP contribution in [0.15, 0.2) is 48.5 Å². The van der Waals surface area contributed by atoms with Gasteiger partial charge in [-0.25, -0.2) is 8.78 Å². The van der Waals surface area contributed by atoms with Crippen molar-refractivity contribution >= 4 is 7.60 Å². The van der Waals surface area contributed by atoms with Gasteiger partial charge < -0.3 is 9.05 Å². The van der Waals surface area contributed by atoms with Crippen molar-refractivity contribution < 1.29 is 35.6 Å². The fraction of sp³-hybridized carbons (Fsp3) is 0.250. The maximum atomic E-state index is 13.5. The van der Waals surface area contributed by atoms with Gasteiger partial charge in [-0.3, -0.25) is 4.57 Å². The fourth-order valence-corrected chi connectivity index (χ4v) is 3.28. The van der Waals surface area contributed by atoms with Crippen LogP contribution in [0.3, 0.4) is 0 Å². The molecule has 0 saturated carbocycles. The van der Waals surface area contributed by atoms with Gasteiger partial charge in [-0.05, 0) is 12.1 Å². The van der Waals surface area contributed by atoms with Crippen LogP contribution in [-0.2, 0) is 26.8 Å². The topological polar surface area (TPSA) is 35.5 Å². The van der Waals surface area contributed by atoms with E-state index in [0.29, 0.717) is 0 Å². The maximum absolute atomic E-state index is 13.5. The third-order valence-corrected chi connectivity index (χ3v) is 4.91. The Morgan fingerprint density at radius 1 is 0.800 bits per heavy atom. The number of rotatable bonds is 7. The first-order valence-corrected chi connectivity index (χ1v) is 8.83. The van der Waals surface area contributed by atoms with E-state index >= 15 is 0 Å². The van der Waals surface area contributed by atoms with Crippen molar-refractivity contribution in [3.05, 3.63) is 71.3 Å². The van der Waals surface area contributed by atoms with E-state index in [9.17, 15) is 26.5 Å². The molecule has 0 N–H and O–H groups in total. The van der Waals surface area contributed by atoms with Crippen LogP contribution in [0.4, 0.5) is 22.0 Å². The Kier molecular flexibility index (Phi) is 6.32. The van der Waals surface area contributed by atoms with E-state index in [2.05, 4.69) is 0 Å². The summed E-state index contributed by atoms with van der Waals surface area (Å²) in [5.41, 5.74) is -0.140. The zero-order chi connectivity index (χ0) is 18.5. The van der Waals surface area contributed by atoms with E-state index in [1.54, 1.807) is 0 Å². The Morgan fingerprint density at radius 3 is 1.56 bits per heavy atom. The third kappa shape index (κ3) is 6.23. The highest BCUT2D eigenvalue weighted by molar-refractivity contribution is 7.53. The summed E-state index contributed by atoms with van der Waals surface area (Å²) in [5, 5.41) is 0. The van der Waals surface area contributed by atoms with Crippen LogP contribution in [0, 0.1) is 11.6 Å². The minimum atomic E-state index is -4.83. The number of hydrogen-bond donors (Lipinski definition) is 0. The molecule has 0 atom stereocenters. The third-order valence-electron chi connectivity index (χ3n) is 3.12. The lowest BCUT2D eigenvalue weighted by molar-refractivity contribution is -0.110. The van der Waals surface area contributed by atoms with Crippen LogP contribution in [0.5, 0.6) is 0 Å². The lowest BCUT2D eigenvalue weighted by atomic mass is 10.2. The molecule has 3 nitrogen and oxygen atoms in total. The van der Waals surface area contributed by atoms with Gasteiger partial charge in [0.2, 0.25) is 0 Å². The van der Waals surface area contributed by atoms with Crippen LogP contribution in [0.25, 0.3) is 0 Å². The second-order valence-corrected chi connectivity index (χ2v) is 7.17. The Bertz CT molecular complexity index is 710. The van der Waals surface area contributed by atoms with E-state index in [1.165, 1.54) is 36.4 Å². The lowest BCUT2D eigenvalue weighted by Crippen LogP contribution is -2.17. The first-order valence-electron chi connectivity index (χ1n) is 7.10. The summed E-state index contributed by atoms with van der Waals surface area (Å²) in [5.74, 6) is -1.43. The van der Waals surface area contributed by atoms with E-state index in [0.717, 1.165) is 12.1 Å². The highest BCUT2D eigenvalue weighted by Gasteiger charge is 2.41. The zero-order valence-electron chi connectivity index (χ0n) is 12.8. The van der Waals surface area contributed by atoms with Gasteiger partial charge in [0.15, 0.2) is 0 Å². The molecule has 0 aromatic heterocycles. The van der Waals surface area contributed by atoms with Crippen molar-refractivity contribution in [2.24, 2.45) is 0 Å². The molecule has 0 amide bonds. The normalized spacial score (nSPS) is 12.4. The Hall–Kier alpha value is -1.76. The number of halogens is 5. The van der Waals surface area contributed by atoms with Gasteiger partial charge >= 0.3 is 13.8 Å². The van der Waals surface area contributed by atoms with Gasteiger partial charge in [-0.2, -0.15) is 13.2 Å². The minimum absolute atomic E-state index is 0.0700. The predicted octanol–water partition coefficient (Wildman–Crippen LogP) is 5.45. The molecule has 0 spiro atoms. The van der Waals surface area contributed by atoms with Gasteiger partial charge in [0, 0.05) is 11.1 Å². The molecular weight excluding hydrogens is 366 g/mol. The van der Waals surface area contributed by atoms with Gasteiger partial charge in [0.05, 0.1) is 13.2 Å². The highest BCUT2D eigenvalue weighted by Crippen LogP contribution is 2.53. The molecule has 2 aromatic carbocycles. The fourth-order valence-electron chi connectivity index (χ4n) is 1.91. The van der Waals surface area contributed by atoms with E-state index in [-0.39, 0.29) is 11.1 Å². The van der Waals surface area contributed by atoms with Crippen LogP contribution in [-0.4, -0.2) is 12.3 Å². The maximum Gasteiger partial charge on any atom is 0.400 e. The molecule has 0 aliphatic rings. The first kappa shape index (κ1) is 19.6. The Balaban J connectivity index is 2.12. The van der Waals surface area contributed by atoms with Crippen molar-refractivity contribution in [3.63, 3.8) is 0 Å². The van der Waals surface area contributed by atoms with E-state index in [1.807, 2.05) is 0 Å². The molecule has 0 radical (unpaired) electrons. The highest BCUT2D eigenvalue weighted by atomic mass is 31.2. The summed E-state index contributed by atoms with van der Waals surface area (Å²) < 4.78 is 87.0. The summed E-state index contributed by atoms with van der Waals surface area (Å²) in [6.45, 7) is -1.34. The SMILES string of the molecule is O=P(CC(F)(F)F)(OCc1ccccc1F)OCc1ccccc1F. The Labute approximate surface area is 140 Å². The van der Waals surface area contributed by atoms with Crippen LogP contribution in [0.2, 0.25) is 0 Å². The molecule has 0 aliphatic heterocycles. The quantitative estimate of drug-likeness (QED) is 0.473. The van der Waals surface area contributed by atoms with Gasteiger partial charge in [-0.1, -0.05) is 36.4 Å². The molecule has 2 rings (SSSR count). The van der Waals surface area contributed by atoms with E-state index in [4.69, 9.17) is 9.05 Å². The van der Waals surface area contributed by atoms with Crippen molar-refractivity contribution in [3.8, 4) is 0 Å². The van der Waals surface area contributed by atoms with Crippen molar-refractivity contribution in [2.45, 2.75) is 19.4 Å². The number of alkyl halides is 3. The molecular formula is C16H14F5O3P. The summed E-state index contributed by atoms with van der Waals surface area (Å²) in [6.07, 6.45) is -6.69. The molecule has 2 aromatic rings. The Morgan fingerprint density at radius 2 is 1.20 bits per heavy atom. The van der Waals surface area contributed by atoms with Crippen molar-refractivity contribution in [1.29, 1.82) is 0 Å². The van der Waals surface area contributed by atoms with Gasteiger partial charge in [0.1, 0.15) is 17.8 Å². The smallest absolute Gasteiger partial charge is 0.303 e. The van der Waals surface area contributed by atoms with Crippen LogP contribution < -0.4 is 0 Å². The first-order chi connectivity index (χ1) is 11.7. The molecule has 0 fully saturated rings. The van der Waals surface area contributed by atoms with E-state index < -0.39 is 44.8 Å². The monoisotopic (exact) mass is 380 g/mol. The van der Waals surface area contributed by atoms with Crippen LogP contribution in [0.1, 0.15) is 11.1 Å². The molecule has 0 saturated heterocycles. The summed E-state index contributed by atoms with van der Waals surface area (Å²) in [6, 6.07) is 10.4.